The Hall–Kier alpha value is -2.75. The standard InChI is InChI=1S/C21H23N3O/c1-15-5-3-8-19(16(15)2)23-11-13-24(14-12-23)21(25)18-7-4-6-17-9-10-22-20(17)18/h3-10,22H,11-14H2,1-2H3. The summed E-state index contributed by atoms with van der Waals surface area (Å²) in [5.74, 6) is 0.119. The monoisotopic (exact) mass is 333 g/mol. The molecule has 0 saturated carbocycles. The van der Waals surface area contributed by atoms with Crippen molar-refractivity contribution in [2.45, 2.75) is 13.8 Å². The van der Waals surface area contributed by atoms with Crippen LogP contribution in [0.2, 0.25) is 0 Å². The number of rotatable bonds is 2. The molecule has 0 aliphatic carbocycles. The number of para-hydroxylation sites is 1. The number of nitrogens with zero attached hydrogens (tertiary/aromatic N) is 2. The molecule has 25 heavy (non-hydrogen) atoms. The van der Waals surface area contributed by atoms with Gasteiger partial charge in [-0.2, -0.15) is 0 Å². The summed E-state index contributed by atoms with van der Waals surface area (Å²) in [6.07, 6.45) is 1.89. The first kappa shape index (κ1) is 15.8. The summed E-state index contributed by atoms with van der Waals surface area (Å²) < 4.78 is 0. The highest BCUT2D eigenvalue weighted by atomic mass is 16.2. The lowest BCUT2D eigenvalue weighted by molar-refractivity contribution is 0.0748. The minimum atomic E-state index is 0.119. The summed E-state index contributed by atoms with van der Waals surface area (Å²) >= 11 is 0. The summed E-state index contributed by atoms with van der Waals surface area (Å²) in [6, 6.07) is 14.3. The largest absolute Gasteiger partial charge is 0.368 e. The molecule has 4 heteroatoms. The van der Waals surface area contributed by atoms with E-state index in [9.17, 15) is 4.79 Å². The Balaban J connectivity index is 1.51. The van der Waals surface area contributed by atoms with Crippen molar-refractivity contribution in [3.05, 3.63) is 65.4 Å². The van der Waals surface area contributed by atoms with Gasteiger partial charge >= 0.3 is 0 Å². The quantitative estimate of drug-likeness (QED) is 0.776. The van der Waals surface area contributed by atoms with Gasteiger partial charge in [0.1, 0.15) is 0 Å². The molecule has 0 unspecified atom stereocenters. The molecule has 1 aliphatic heterocycles. The average molecular weight is 333 g/mol. The van der Waals surface area contributed by atoms with Crippen molar-refractivity contribution in [3.63, 3.8) is 0 Å². The highest BCUT2D eigenvalue weighted by molar-refractivity contribution is 6.05. The number of fused-ring (bicyclic) bond motifs is 1. The van der Waals surface area contributed by atoms with Crippen LogP contribution in [0.5, 0.6) is 0 Å². The Morgan fingerprint density at radius 3 is 2.52 bits per heavy atom. The molecule has 1 saturated heterocycles. The van der Waals surface area contributed by atoms with Crippen molar-refractivity contribution >= 4 is 22.5 Å². The second kappa shape index (κ2) is 6.28. The predicted molar refractivity (Wildman–Crippen MR) is 102 cm³/mol. The van der Waals surface area contributed by atoms with Crippen molar-refractivity contribution in [2.75, 3.05) is 31.1 Å². The van der Waals surface area contributed by atoms with Crippen LogP contribution >= 0.6 is 0 Å². The molecule has 2 heterocycles. The van der Waals surface area contributed by atoms with Gasteiger partial charge < -0.3 is 14.8 Å². The first-order valence-electron chi connectivity index (χ1n) is 8.81. The molecule has 4 nitrogen and oxygen atoms in total. The van der Waals surface area contributed by atoms with E-state index in [1.165, 1.54) is 16.8 Å². The van der Waals surface area contributed by atoms with Gasteiger partial charge in [0.25, 0.3) is 5.91 Å². The van der Waals surface area contributed by atoms with Gasteiger partial charge in [0.15, 0.2) is 0 Å². The third kappa shape index (κ3) is 2.78. The predicted octanol–water partition coefficient (Wildman–Crippen LogP) is 3.75. The van der Waals surface area contributed by atoms with Crippen LogP contribution in [0.4, 0.5) is 5.69 Å². The number of piperazine rings is 1. The van der Waals surface area contributed by atoms with E-state index in [0.717, 1.165) is 42.6 Å². The summed E-state index contributed by atoms with van der Waals surface area (Å²) in [5.41, 5.74) is 5.64. The first-order chi connectivity index (χ1) is 12.1. The van der Waals surface area contributed by atoms with Gasteiger partial charge in [0.2, 0.25) is 0 Å². The zero-order chi connectivity index (χ0) is 17.4. The Labute approximate surface area is 148 Å². The van der Waals surface area contributed by atoms with Crippen molar-refractivity contribution in [2.24, 2.45) is 0 Å². The highest BCUT2D eigenvalue weighted by Gasteiger charge is 2.24. The minimum absolute atomic E-state index is 0.119. The van der Waals surface area contributed by atoms with Gasteiger partial charge in [-0.3, -0.25) is 4.79 Å². The summed E-state index contributed by atoms with van der Waals surface area (Å²) in [4.78, 5) is 20.5. The van der Waals surface area contributed by atoms with Crippen molar-refractivity contribution in [3.8, 4) is 0 Å². The van der Waals surface area contributed by atoms with Gasteiger partial charge in [-0.05, 0) is 43.2 Å². The molecule has 1 aliphatic rings. The lowest BCUT2D eigenvalue weighted by Gasteiger charge is -2.37. The number of hydrogen-bond donors (Lipinski definition) is 1. The van der Waals surface area contributed by atoms with Crippen molar-refractivity contribution in [1.29, 1.82) is 0 Å². The van der Waals surface area contributed by atoms with Crippen LogP contribution in [0.15, 0.2) is 48.7 Å². The molecule has 1 aromatic heterocycles. The lowest BCUT2D eigenvalue weighted by Crippen LogP contribution is -2.49. The molecule has 0 atom stereocenters. The summed E-state index contributed by atoms with van der Waals surface area (Å²) in [6.45, 7) is 7.57. The number of anilines is 1. The fourth-order valence-electron chi connectivity index (χ4n) is 3.66. The maximum Gasteiger partial charge on any atom is 0.256 e. The fourth-order valence-corrected chi connectivity index (χ4v) is 3.66. The number of nitrogens with one attached hydrogen (secondary N) is 1. The van der Waals surface area contributed by atoms with Crippen LogP contribution in [-0.4, -0.2) is 42.0 Å². The molecule has 4 rings (SSSR count). The van der Waals surface area contributed by atoms with Crippen LogP contribution in [0, 0.1) is 13.8 Å². The number of hydrogen-bond acceptors (Lipinski definition) is 2. The molecule has 0 spiro atoms. The van der Waals surface area contributed by atoms with E-state index >= 15 is 0 Å². The highest BCUT2D eigenvalue weighted by Crippen LogP contribution is 2.25. The zero-order valence-electron chi connectivity index (χ0n) is 14.7. The van der Waals surface area contributed by atoms with E-state index in [-0.39, 0.29) is 5.91 Å². The smallest absolute Gasteiger partial charge is 0.256 e. The van der Waals surface area contributed by atoms with Crippen LogP contribution < -0.4 is 4.90 Å². The zero-order valence-corrected chi connectivity index (χ0v) is 14.7. The first-order valence-corrected chi connectivity index (χ1v) is 8.81. The Kier molecular flexibility index (Phi) is 3.96. The third-order valence-corrected chi connectivity index (χ3v) is 5.30. The number of carbonyl (C=O) groups is 1. The number of benzene rings is 2. The fraction of sp³-hybridized carbons (Fsp3) is 0.286. The van der Waals surface area contributed by atoms with Gasteiger partial charge in [0, 0.05) is 43.4 Å². The lowest BCUT2D eigenvalue weighted by atomic mass is 10.1. The molecular weight excluding hydrogens is 310 g/mol. The maximum atomic E-state index is 13.0. The number of amides is 1. The molecule has 1 amide bonds. The topological polar surface area (TPSA) is 39.3 Å². The van der Waals surface area contributed by atoms with E-state index in [2.05, 4.69) is 41.9 Å². The van der Waals surface area contributed by atoms with E-state index in [0.29, 0.717) is 0 Å². The van der Waals surface area contributed by atoms with E-state index in [1.807, 2.05) is 35.4 Å². The van der Waals surface area contributed by atoms with Crippen LogP contribution in [0.3, 0.4) is 0 Å². The van der Waals surface area contributed by atoms with Crippen LogP contribution in [-0.2, 0) is 0 Å². The second-order valence-electron chi connectivity index (χ2n) is 6.75. The summed E-state index contributed by atoms with van der Waals surface area (Å²) in [5, 5.41) is 1.08. The van der Waals surface area contributed by atoms with E-state index in [4.69, 9.17) is 0 Å². The maximum absolute atomic E-state index is 13.0. The number of carbonyl (C=O) groups excluding carboxylic acids is 1. The van der Waals surface area contributed by atoms with Gasteiger partial charge in [-0.25, -0.2) is 0 Å². The van der Waals surface area contributed by atoms with E-state index in [1.54, 1.807) is 0 Å². The van der Waals surface area contributed by atoms with Gasteiger partial charge in [-0.1, -0.05) is 24.3 Å². The van der Waals surface area contributed by atoms with E-state index < -0.39 is 0 Å². The Morgan fingerprint density at radius 1 is 0.960 bits per heavy atom. The third-order valence-electron chi connectivity index (χ3n) is 5.30. The molecule has 3 aromatic rings. The molecule has 0 bridgehead atoms. The van der Waals surface area contributed by atoms with Gasteiger partial charge in [0.05, 0.1) is 11.1 Å². The summed E-state index contributed by atoms with van der Waals surface area (Å²) in [7, 11) is 0. The molecule has 1 N–H and O–H groups in total. The Morgan fingerprint density at radius 2 is 1.72 bits per heavy atom. The Bertz CT molecular complexity index is 920. The van der Waals surface area contributed by atoms with Crippen molar-refractivity contribution in [1.82, 2.24) is 9.88 Å². The average Bonchev–Trinajstić information content (AvgIpc) is 3.12. The van der Waals surface area contributed by atoms with Crippen LogP contribution in [0.1, 0.15) is 21.5 Å². The molecular formula is C21H23N3O. The number of H-pyrrole nitrogens is 1. The van der Waals surface area contributed by atoms with Crippen molar-refractivity contribution < 1.29 is 4.79 Å². The minimum Gasteiger partial charge on any atom is -0.368 e. The molecule has 0 radical (unpaired) electrons. The normalized spacial score (nSPS) is 15.0. The number of aromatic nitrogens is 1. The van der Waals surface area contributed by atoms with Gasteiger partial charge in [-0.15, -0.1) is 0 Å². The number of aryl methyl sites for hydroxylation is 1. The SMILES string of the molecule is Cc1cccc(N2CCN(C(=O)c3cccc4cc[nH]c34)CC2)c1C. The molecule has 128 valence electrons. The second-order valence-corrected chi connectivity index (χ2v) is 6.75. The molecule has 1 fully saturated rings. The molecule has 2 aromatic carbocycles. The van der Waals surface area contributed by atoms with Crippen LogP contribution in [0.25, 0.3) is 10.9 Å². The number of aromatic amines is 1.